The van der Waals surface area contributed by atoms with Gasteiger partial charge in [0.2, 0.25) is 0 Å². The molecule has 2 heterocycles. The quantitative estimate of drug-likeness (QED) is 0.468. The monoisotopic (exact) mass is 421 g/mol. The number of carbonyl (C=O) groups is 1. The fourth-order valence-corrected chi connectivity index (χ4v) is 3.29. The number of pyridine rings is 1. The van der Waals surface area contributed by atoms with Crippen LogP contribution in [0, 0.1) is 6.92 Å². The first kappa shape index (κ1) is 19.8. The molecule has 7 heteroatoms. The topological polar surface area (TPSA) is 64.9 Å². The van der Waals surface area contributed by atoms with Gasteiger partial charge < -0.3 is 14.8 Å². The summed E-state index contributed by atoms with van der Waals surface area (Å²) in [6.07, 6.45) is 1.79. The van der Waals surface area contributed by atoms with E-state index in [9.17, 15) is 4.79 Å². The Bertz CT molecular complexity index is 1190. The predicted molar refractivity (Wildman–Crippen MR) is 117 cm³/mol. The molecule has 0 spiro atoms. The van der Waals surface area contributed by atoms with E-state index < -0.39 is 0 Å². The summed E-state index contributed by atoms with van der Waals surface area (Å²) in [5.41, 5.74) is 3.38. The molecule has 0 bridgehead atoms. The molecule has 6 nitrogen and oxygen atoms in total. The molecule has 0 aliphatic carbocycles. The van der Waals surface area contributed by atoms with Crippen LogP contribution in [0.1, 0.15) is 21.7 Å². The second-order valence-electron chi connectivity index (χ2n) is 6.71. The zero-order valence-electron chi connectivity index (χ0n) is 16.6. The van der Waals surface area contributed by atoms with Crippen molar-refractivity contribution in [3.63, 3.8) is 0 Å². The van der Waals surface area contributed by atoms with Gasteiger partial charge in [0.05, 0.1) is 12.8 Å². The lowest BCUT2D eigenvalue weighted by molar-refractivity contribution is 0.102. The highest BCUT2D eigenvalue weighted by atomic mass is 35.5. The van der Waals surface area contributed by atoms with E-state index in [2.05, 4.69) is 10.3 Å². The molecule has 30 heavy (non-hydrogen) atoms. The fraction of sp³-hybridized carbons (Fsp3) is 0.130. The highest BCUT2D eigenvalue weighted by Gasteiger charge is 2.18. The summed E-state index contributed by atoms with van der Waals surface area (Å²) >= 11 is 5.89. The lowest BCUT2D eigenvalue weighted by Gasteiger charge is -2.09. The van der Waals surface area contributed by atoms with Crippen LogP contribution >= 0.6 is 11.6 Å². The van der Waals surface area contributed by atoms with Gasteiger partial charge in [-0.2, -0.15) is 0 Å². The Morgan fingerprint density at radius 2 is 1.83 bits per heavy atom. The number of hydrogen-bond acceptors (Lipinski definition) is 4. The normalized spacial score (nSPS) is 10.8. The van der Waals surface area contributed by atoms with Gasteiger partial charge in [-0.1, -0.05) is 23.7 Å². The number of fused-ring (bicyclic) bond motifs is 1. The Labute approximate surface area is 179 Å². The molecule has 2 aromatic heterocycles. The van der Waals surface area contributed by atoms with Gasteiger partial charge in [-0.3, -0.25) is 9.20 Å². The Balaban J connectivity index is 1.46. The van der Waals surface area contributed by atoms with Gasteiger partial charge >= 0.3 is 0 Å². The van der Waals surface area contributed by atoms with Crippen molar-refractivity contribution >= 4 is 28.8 Å². The van der Waals surface area contributed by atoms with Crippen molar-refractivity contribution in [2.24, 2.45) is 0 Å². The summed E-state index contributed by atoms with van der Waals surface area (Å²) < 4.78 is 12.8. The van der Waals surface area contributed by atoms with Crippen molar-refractivity contribution in [1.29, 1.82) is 0 Å². The molecule has 0 saturated heterocycles. The Morgan fingerprint density at radius 1 is 1.10 bits per heavy atom. The van der Waals surface area contributed by atoms with Gasteiger partial charge in [0, 0.05) is 16.9 Å². The zero-order valence-corrected chi connectivity index (χ0v) is 17.3. The lowest BCUT2D eigenvalue weighted by atomic mass is 10.2. The maximum absolute atomic E-state index is 12.9. The van der Waals surface area contributed by atoms with E-state index in [1.807, 2.05) is 48.5 Å². The minimum absolute atomic E-state index is 0.247. The number of halogens is 1. The number of amides is 1. The lowest BCUT2D eigenvalue weighted by Crippen LogP contribution is -2.15. The zero-order chi connectivity index (χ0) is 21.1. The number of methoxy groups -OCH3 is 1. The van der Waals surface area contributed by atoms with E-state index in [0.29, 0.717) is 45.9 Å². The SMILES string of the molecule is COc1cccn2c(C(=O)Nc3ccc(OCc4ccc(Cl)cc4)cc3)c(C)nc12. The molecule has 4 aromatic rings. The van der Waals surface area contributed by atoms with Crippen LogP contribution in [0.3, 0.4) is 0 Å². The van der Waals surface area contributed by atoms with E-state index in [4.69, 9.17) is 21.1 Å². The minimum atomic E-state index is -0.247. The van der Waals surface area contributed by atoms with E-state index in [-0.39, 0.29) is 5.91 Å². The number of aromatic nitrogens is 2. The number of carbonyl (C=O) groups excluding carboxylic acids is 1. The number of nitrogens with one attached hydrogen (secondary N) is 1. The maximum atomic E-state index is 12.9. The highest BCUT2D eigenvalue weighted by molar-refractivity contribution is 6.30. The molecule has 4 rings (SSSR count). The maximum Gasteiger partial charge on any atom is 0.274 e. The third kappa shape index (κ3) is 4.09. The van der Waals surface area contributed by atoms with Crippen LogP contribution in [0.5, 0.6) is 11.5 Å². The van der Waals surface area contributed by atoms with Gasteiger partial charge in [-0.05, 0) is 61.0 Å². The number of anilines is 1. The average molecular weight is 422 g/mol. The summed E-state index contributed by atoms with van der Waals surface area (Å²) in [4.78, 5) is 17.3. The van der Waals surface area contributed by atoms with Crippen LogP contribution in [-0.4, -0.2) is 22.4 Å². The van der Waals surface area contributed by atoms with Gasteiger partial charge in [0.15, 0.2) is 11.4 Å². The first-order valence-electron chi connectivity index (χ1n) is 9.35. The molecule has 0 saturated carbocycles. The van der Waals surface area contributed by atoms with E-state index >= 15 is 0 Å². The fourth-order valence-electron chi connectivity index (χ4n) is 3.16. The first-order valence-corrected chi connectivity index (χ1v) is 9.73. The van der Waals surface area contributed by atoms with Crippen LogP contribution in [0.15, 0.2) is 66.9 Å². The van der Waals surface area contributed by atoms with Crippen molar-refractivity contribution in [1.82, 2.24) is 9.38 Å². The van der Waals surface area contributed by atoms with Crippen molar-refractivity contribution < 1.29 is 14.3 Å². The van der Waals surface area contributed by atoms with Crippen LogP contribution < -0.4 is 14.8 Å². The standard InChI is InChI=1S/C23H20ClN3O3/c1-15-21(27-13-3-4-20(29-2)22(27)25-15)23(28)26-18-9-11-19(12-10-18)30-14-16-5-7-17(24)8-6-16/h3-13H,14H2,1-2H3,(H,26,28). The van der Waals surface area contributed by atoms with Crippen molar-refractivity contribution in [3.05, 3.63) is 88.8 Å². The molecule has 2 aromatic carbocycles. The molecule has 0 atom stereocenters. The molecule has 1 amide bonds. The number of rotatable bonds is 6. The Kier molecular flexibility index (Phi) is 5.59. The van der Waals surface area contributed by atoms with Crippen LogP contribution in [-0.2, 0) is 6.61 Å². The summed E-state index contributed by atoms with van der Waals surface area (Å²) in [7, 11) is 1.58. The molecule has 152 valence electrons. The molecular weight excluding hydrogens is 402 g/mol. The average Bonchev–Trinajstić information content (AvgIpc) is 3.10. The highest BCUT2D eigenvalue weighted by Crippen LogP contribution is 2.23. The third-order valence-electron chi connectivity index (χ3n) is 4.65. The van der Waals surface area contributed by atoms with Crippen molar-refractivity contribution in [2.75, 3.05) is 12.4 Å². The Hall–Kier alpha value is -3.51. The summed E-state index contributed by atoms with van der Waals surface area (Å²) in [5, 5.41) is 3.60. The van der Waals surface area contributed by atoms with Crippen molar-refractivity contribution in [2.45, 2.75) is 13.5 Å². The van der Waals surface area contributed by atoms with Gasteiger partial charge in [0.1, 0.15) is 18.1 Å². The molecule has 0 unspecified atom stereocenters. The number of hydrogen-bond donors (Lipinski definition) is 1. The molecule has 0 aliphatic rings. The number of imidazole rings is 1. The van der Waals surface area contributed by atoms with Crippen LogP contribution in [0.4, 0.5) is 5.69 Å². The van der Waals surface area contributed by atoms with Gasteiger partial charge in [-0.15, -0.1) is 0 Å². The molecule has 1 N–H and O–H groups in total. The largest absolute Gasteiger partial charge is 0.493 e. The third-order valence-corrected chi connectivity index (χ3v) is 4.91. The smallest absolute Gasteiger partial charge is 0.274 e. The predicted octanol–water partition coefficient (Wildman–Crippen LogP) is 5.14. The number of ether oxygens (including phenoxy) is 2. The van der Waals surface area contributed by atoms with Crippen LogP contribution in [0.25, 0.3) is 5.65 Å². The minimum Gasteiger partial charge on any atom is -0.493 e. The number of nitrogens with zero attached hydrogens (tertiary/aromatic N) is 2. The van der Waals surface area contributed by atoms with Crippen molar-refractivity contribution in [3.8, 4) is 11.5 Å². The first-order chi connectivity index (χ1) is 14.5. The second-order valence-corrected chi connectivity index (χ2v) is 7.15. The van der Waals surface area contributed by atoms with Gasteiger partial charge in [-0.25, -0.2) is 4.98 Å². The van der Waals surface area contributed by atoms with Gasteiger partial charge in [0.25, 0.3) is 5.91 Å². The molecule has 0 aliphatic heterocycles. The second kappa shape index (κ2) is 8.47. The molecule has 0 radical (unpaired) electrons. The van der Waals surface area contributed by atoms with Crippen LogP contribution in [0.2, 0.25) is 5.02 Å². The number of aryl methyl sites for hydroxylation is 1. The molecular formula is C23H20ClN3O3. The Morgan fingerprint density at radius 3 is 2.53 bits per heavy atom. The van der Waals surface area contributed by atoms with E-state index in [1.165, 1.54) is 0 Å². The van der Waals surface area contributed by atoms with E-state index in [0.717, 1.165) is 5.56 Å². The molecule has 0 fully saturated rings. The summed E-state index contributed by atoms with van der Waals surface area (Å²) in [5.74, 6) is 1.07. The number of benzene rings is 2. The summed E-state index contributed by atoms with van der Waals surface area (Å²) in [6.45, 7) is 2.24. The van der Waals surface area contributed by atoms with E-state index in [1.54, 1.807) is 36.8 Å². The summed E-state index contributed by atoms with van der Waals surface area (Å²) in [6, 6.07) is 18.4.